The third-order valence-electron chi connectivity index (χ3n) is 4.05. The number of nitrogens with one attached hydrogen (secondary N) is 2. The highest BCUT2D eigenvalue weighted by Gasteiger charge is 2.22. The van der Waals surface area contributed by atoms with Crippen molar-refractivity contribution in [1.82, 2.24) is 5.32 Å². The number of hydrogen-bond donors (Lipinski definition) is 2. The lowest BCUT2D eigenvalue weighted by Gasteiger charge is -2.15. The van der Waals surface area contributed by atoms with Crippen molar-refractivity contribution in [3.63, 3.8) is 0 Å². The van der Waals surface area contributed by atoms with E-state index in [0.717, 1.165) is 11.1 Å². The molecule has 0 saturated carbocycles. The van der Waals surface area contributed by atoms with E-state index in [9.17, 15) is 23.2 Å². The predicted octanol–water partition coefficient (Wildman–Crippen LogP) is 3.54. The summed E-state index contributed by atoms with van der Waals surface area (Å²) in [7, 11) is 0. The molecule has 0 heterocycles. The average molecular weight is 425 g/mol. The third-order valence-corrected chi connectivity index (χ3v) is 4.36. The summed E-state index contributed by atoms with van der Waals surface area (Å²) < 4.78 is 31.3. The Labute approximate surface area is 171 Å². The fourth-order valence-corrected chi connectivity index (χ4v) is 2.69. The van der Waals surface area contributed by atoms with Crippen LogP contribution in [-0.4, -0.2) is 30.4 Å². The van der Waals surface area contributed by atoms with Crippen molar-refractivity contribution in [2.24, 2.45) is 0 Å². The van der Waals surface area contributed by atoms with Crippen LogP contribution in [-0.2, 0) is 14.3 Å². The molecule has 154 valence electrons. The normalized spacial score (nSPS) is 11.5. The maximum atomic E-state index is 13.3. The van der Waals surface area contributed by atoms with Gasteiger partial charge in [0.25, 0.3) is 5.91 Å². The Balaban J connectivity index is 1.91. The molecule has 0 fully saturated rings. The van der Waals surface area contributed by atoms with E-state index in [1.165, 1.54) is 6.92 Å². The highest BCUT2D eigenvalue weighted by molar-refractivity contribution is 6.33. The van der Waals surface area contributed by atoms with Gasteiger partial charge in [-0.1, -0.05) is 29.8 Å². The van der Waals surface area contributed by atoms with E-state index in [-0.39, 0.29) is 11.6 Å². The second-order valence-electron chi connectivity index (χ2n) is 6.33. The summed E-state index contributed by atoms with van der Waals surface area (Å²) in [5.41, 5.74) is 1.97. The Morgan fingerprint density at radius 2 is 1.69 bits per heavy atom. The number of carbonyl (C=O) groups is 3. The van der Waals surface area contributed by atoms with E-state index >= 15 is 0 Å². The minimum atomic E-state index is -1.29. The van der Waals surface area contributed by atoms with Crippen LogP contribution in [0.3, 0.4) is 0 Å². The first-order valence-corrected chi connectivity index (χ1v) is 8.97. The Kier molecular flexibility index (Phi) is 7.28. The van der Waals surface area contributed by atoms with Gasteiger partial charge in [-0.2, -0.15) is 0 Å². The van der Waals surface area contributed by atoms with Gasteiger partial charge < -0.3 is 15.4 Å². The molecule has 2 N–H and O–H groups in total. The Morgan fingerprint density at radius 1 is 1.10 bits per heavy atom. The lowest BCUT2D eigenvalue weighted by Crippen LogP contribution is -2.40. The number of rotatable bonds is 6. The van der Waals surface area contributed by atoms with Gasteiger partial charge in [-0.15, -0.1) is 0 Å². The number of aryl methyl sites for hydroxylation is 2. The molecule has 0 saturated heterocycles. The van der Waals surface area contributed by atoms with Crippen molar-refractivity contribution in [2.75, 3.05) is 11.9 Å². The van der Waals surface area contributed by atoms with Crippen molar-refractivity contribution in [2.45, 2.75) is 26.9 Å². The molecule has 0 aliphatic carbocycles. The van der Waals surface area contributed by atoms with Crippen molar-refractivity contribution in [3.05, 3.63) is 63.7 Å². The number of ether oxygens (including phenoxy) is 1. The number of para-hydroxylation sites is 1. The van der Waals surface area contributed by atoms with Gasteiger partial charge in [0, 0.05) is 5.69 Å². The molecule has 1 unspecified atom stereocenters. The molecule has 6 nitrogen and oxygen atoms in total. The highest BCUT2D eigenvalue weighted by Crippen LogP contribution is 2.21. The molecule has 1 atom stereocenters. The topological polar surface area (TPSA) is 84.5 Å². The first-order valence-electron chi connectivity index (χ1n) is 8.59. The van der Waals surface area contributed by atoms with Crippen molar-refractivity contribution in [1.29, 1.82) is 0 Å². The first kappa shape index (κ1) is 22.3. The number of halogens is 3. The molecule has 2 aromatic rings. The van der Waals surface area contributed by atoms with E-state index in [2.05, 4.69) is 10.6 Å². The molecule has 2 amide bonds. The Morgan fingerprint density at radius 3 is 2.31 bits per heavy atom. The van der Waals surface area contributed by atoms with Crippen LogP contribution in [0.2, 0.25) is 5.02 Å². The standard InChI is InChI=1S/C20H19ClF2N2O4/c1-10-5-4-6-11(2)18(10)25-17(26)9-24-19(27)12(3)29-20(28)13-7-15(22)16(23)8-14(13)21/h4-8,12H,9H2,1-3H3,(H,24,27)(H,25,26). The van der Waals surface area contributed by atoms with Gasteiger partial charge in [0.05, 0.1) is 17.1 Å². The minimum absolute atomic E-state index is 0.347. The van der Waals surface area contributed by atoms with E-state index in [1.807, 2.05) is 32.0 Å². The van der Waals surface area contributed by atoms with Crippen LogP contribution in [0, 0.1) is 25.5 Å². The van der Waals surface area contributed by atoms with Crippen LogP contribution in [0.4, 0.5) is 14.5 Å². The molecule has 29 heavy (non-hydrogen) atoms. The van der Waals surface area contributed by atoms with Gasteiger partial charge in [-0.05, 0) is 44.0 Å². The van der Waals surface area contributed by atoms with Gasteiger partial charge in [0.15, 0.2) is 17.7 Å². The number of carbonyl (C=O) groups excluding carboxylic acids is 3. The van der Waals surface area contributed by atoms with Gasteiger partial charge in [-0.3, -0.25) is 9.59 Å². The smallest absolute Gasteiger partial charge is 0.340 e. The van der Waals surface area contributed by atoms with Crippen LogP contribution >= 0.6 is 11.6 Å². The molecule has 0 aliphatic rings. The third kappa shape index (κ3) is 5.74. The highest BCUT2D eigenvalue weighted by atomic mass is 35.5. The van der Waals surface area contributed by atoms with Crippen LogP contribution in [0.25, 0.3) is 0 Å². The van der Waals surface area contributed by atoms with E-state index in [1.54, 1.807) is 0 Å². The molecular weight excluding hydrogens is 406 g/mol. The zero-order valence-electron chi connectivity index (χ0n) is 15.9. The molecular formula is C20H19ClF2N2O4. The van der Waals surface area contributed by atoms with E-state index in [0.29, 0.717) is 17.8 Å². The van der Waals surface area contributed by atoms with Crippen LogP contribution in [0.15, 0.2) is 30.3 Å². The zero-order chi connectivity index (χ0) is 21.7. The van der Waals surface area contributed by atoms with Gasteiger partial charge in [-0.25, -0.2) is 13.6 Å². The lowest BCUT2D eigenvalue weighted by atomic mass is 10.1. The predicted molar refractivity (Wildman–Crippen MR) is 104 cm³/mol. The van der Waals surface area contributed by atoms with Gasteiger partial charge in [0.1, 0.15) is 0 Å². The SMILES string of the molecule is Cc1cccc(C)c1NC(=O)CNC(=O)C(C)OC(=O)c1cc(F)c(F)cc1Cl. The quantitative estimate of drug-likeness (QED) is 0.548. The van der Waals surface area contributed by atoms with Crippen LogP contribution < -0.4 is 10.6 Å². The lowest BCUT2D eigenvalue weighted by molar-refractivity contribution is -0.130. The van der Waals surface area contributed by atoms with Gasteiger partial charge >= 0.3 is 5.97 Å². The van der Waals surface area contributed by atoms with Crippen LogP contribution in [0.5, 0.6) is 0 Å². The number of amides is 2. The largest absolute Gasteiger partial charge is 0.449 e. The molecule has 0 radical (unpaired) electrons. The van der Waals surface area contributed by atoms with Crippen molar-refractivity contribution >= 4 is 35.1 Å². The van der Waals surface area contributed by atoms with Gasteiger partial charge in [0.2, 0.25) is 5.91 Å². The van der Waals surface area contributed by atoms with E-state index < -0.39 is 41.1 Å². The minimum Gasteiger partial charge on any atom is -0.449 e. The molecule has 2 rings (SSSR count). The monoisotopic (exact) mass is 424 g/mol. The maximum Gasteiger partial charge on any atom is 0.340 e. The van der Waals surface area contributed by atoms with Crippen molar-refractivity contribution in [3.8, 4) is 0 Å². The first-order chi connectivity index (χ1) is 13.6. The van der Waals surface area contributed by atoms with Crippen molar-refractivity contribution < 1.29 is 27.9 Å². The number of hydrogen-bond acceptors (Lipinski definition) is 4. The molecule has 0 aliphatic heterocycles. The summed E-state index contributed by atoms with van der Waals surface area (Å²) in [6.45, 7) is 4.60. The summed E-state index contributed by atoms with van der Waals surface area (Å²) in [4.78, 5) is 36.2. The van der Waals surface area contributed by atoms with E-state index in [4.69, 9.17) is 16.3 Å². The second kappa shape index (κ2) is 9.47. The maximum absolute atomic E-state index is 13.3. The number of anilines is 1. The molecule has 2 aromatic carbocycles. The fourth-order valence-electron chi connectivity index (χ4n) is 2.46. The molecule has 0 aromatic heterocycles. The zero-order valence-corrected chi connectivity index (χ0v) is 16.7. The molecule has 9 heteroatoms. The summed E-state index contributed by atoms with van der Waals surface area (Å²) in [5, 5.41) is 4.69. The summed E-state index contributed by atoms with van der Waals surface area (Å²) in [6, 6.07) is 6.76. The summed E-state index contributed by atoms with van der Waals surface area (Å²) >= 11 is 5.70. The average Bonchev–Trinajstić information content (AvgIpc) is 2.65. The molecule has 0 bridgehead atoms. The fraction of sp³-hybridized carbons (Fsp3) is 0.250. The number of benzene rings is 2. The Hall–Kier alpha value is -3.00. The second-order valence-corrected chi connectivity index (χ2v) is 6.73. The Bertz CT molecular complexity index is 945. The summed E-state index contributed by atoms with van der Waals surface area (Å²) in [5.74, 6) is -4.79. The summed E-state index contributed by atoms with van der Waals surface area (Å²) in [6.07, 6.45) is -1.29. The molecule has 0 spiro atoms. The number of esters is 1. The van der Waals surface area contributed by atoms with Crippen LogP contribution in [0.1, 0.15) is 28.4 Å².